The molecular formula is C24H29N3O3. The Balaban J connectivity index is 1.80. The molecule has 2 amide bonds. The van der Waals surface area contributed by atoms with Gasteiger partial charge in [-0.25, -0.2) is 0 Å². The van der Waals surface area contributed by atoms with Crippen LogP contribution in [0.1, 0.15) is 56.7 Å². The van der Waals surface area contributed by atoms with Crippen molar-refractivity contribution in [2.24, 2.45) is 11.8 Å². The van der Waals surface area contributed by atoms with E-state index in [9.17, 15) is 9.59 Å². The molecule has 0 spiro atoms. The van der Waals surface area contributed by atoms with E-state index >= 15 is 0 Å². The SMILES string of the molecule is CC(=O)N[C@@H](C1=C(C(=N)C2CCCC[C@H]2C)CNC1=O)c1cccc2c1OCC=C2. The van der Waals surface area contributed by atoms with Crippen molar-refractivity contribution in [3.8, 4) is 5.75 Å². The van der Waals surface area contributed by atoms with Gasteiger partial charge in [-0.1, -0.05) is 50.5 Å². The highest BCUT2D eigenvalue weighted by Gasteiger charge is 2.37. The lowest BCUT2D eigenvalue weighted by atomic mass is 9.75. The number of para-hydroxylation sites is 1. The van der Waals surface area contributed by atoms with Crippen LogP contribution < -0.4 is 15.4 Å². The summed E-state index contributed by atoms with van der Waals surface area (Å²) in [6.45, 7) is 4.43. The standard InChI is InChI=1S/C24H29N3O3/c1-14-7-3-4-10-17(14)21(25)19-13-26-24(29)20(19)22(27-15(2)28)18-11-5-8-16-9-6-12-30-23(16)18/h5-6,8-9,11,14,17,22,25H,3-4,7,10,12-13H2,1-2H3,(H,26,29)(H,27,28)/t14-,17?,22-/m1/s1. The maximum atomic E-state index is 12.9. The molecule has 0 radical (unpaired) electrons. The van der Waals surface area contributed by atoms with Gasteiger partial charge in [-0.2, -0.15) is 0 Å². The van der Waals surface area contributed by atoms with Crippen molar-refractivity contribution >= 4 is 23.6 Å². The van der Waals surface area contributed by atoms with Gasteiger partial charge in [-0.15, -0.1) is 0 Å². The topological polar surface area (TPSA) is 91.3 Å². The molecule has 0 aromatic heterocycles. The Bertz CT molecular complexity index is 947. The van der Waals surface area contributed by atoms with Gasteiger partial charge in [0.1, 0.15) is 12.4 Å². The fourth-order valence-electron chi connectivity index (χ4n) is 4.92. The van der Waals surface area contributed by atoms with Crippen LogP contribution in [0.2, 0.25) is 0 Å². The fraction of sp³-hybridized carbons (Fsp3) is 0.458. The molecule has 0 bridgehead atoms. The quantitative estimate of drug-likeness (QED) is 0.652. The molecule has 6 nitrogen and oxygen atoms in total. The lowest BCUT2D eigenvalue weighted by Gasteiger charge is -2.31. The number of rotatable bonds is 5. The van der Waals surface area contributed by atoms with Gasteiger partial charge in [-0.3, -0.25) is 9.59 Å². The van der Waals surface area contributed by atoms with Gasteiger partial charge in [0, 0.05) is 41.8 Å². The van der Waals surface area contributed by atoms with Crippen LogP contribution in [0.15, 0.2) is 35.4 Å². The lowest BCUT2D eigenvalue weighted by molar-refractivity contribution is -0.119. The molecule has 158 valence electrons. The van der Waals surface area contributed by atoms with Gasteiger partial charge < -0.3 is 20.8 Å². The molecule has 0 saturated heterocycles. The van der Waals surface area contributed by atoms with Gasteiger partial charge >= 0.3 is 0 Å². The van der Waals surface area contributed by atoms with Crippen molar-refractivity contribution in [3.05, 3.63) is 46.5 Å². The molecule has 4 rings (SSSR count). The monoisotopic (exact) mass is 407 g/mol. The van der Waals surface area contributed by atoms with Crippen LogP contribution in [0, 0.1) is 17.2 Å². The highest BCUT2D eigenvalue weighted by atomic mass is 16.5. The average Bonchev–Trinajstić information content (AvgIpc) is 3.12. The first-order chi connectivity index (χ1) is 14.5. The second kappa shape index (κ2) is 8.46. The smallest absolute Gasteiger partial charge is 0.250 e. The molecule has 1 unspecified atom stereocenters. The number of fused-ring (bicyclic) bond motifs is 1. The van der Waals surface area contributed by atoms with E-state index in [2.05, 4.69) is 17.6 Å². The number of hydrogen-bond donors (Lipinski definition) is 3. The van der Waals surface area contributed by atoms with Gasteiger partial charge in [0.15, 0.2) is 0 Å². The van der Waals surface area contributed by atoms with Crippen molar-refractivity contribution in [1.82, 2.24) is 10.6 Å². The number of benzene rings is 1. The van der Waals surface area contributed by atoms with Crippen LogP contribution in [-0.2, 0) is 9.59 Å². The Morgan fingerprint density at radius 3 is 2.87 bits per heavy atom. The summed E-state index contributed by atoms with van der Waals surface area (Å²) in [6, 6.07) is 5.10. The van der Waals surface area contributed by atoms with Crippen LogP contribution >= 0.6 is 0 Å². The summed E-state index contributed by atoms with van der Waals surface area (Å²) in [6.07, 6.45) is 8.32. The van der Waals surface area contributed by atoms with E-state index in [0.29, 0.717) is 36.1 Å². The summed E-state index contributed by atoms with van der Waals surface area (Å²) in [5.41, 5.74) is 3.41. The molecule has 3 atom stereocenters. The van der Waals surface area contributed by atoms with Gasteiger partial charge in [0.05, 0.1) is 11.6 Å². The molecule has 1 aliphatic carbocycles. The minimum absolute atomic E-state index is 0.151. The fourth-order valence-corrected chi connectivity index (χ4v) is 4.92. The molecule has 30 heavy (non-hydrogen) atoms. The van der Waals surface area contributed by atoms with Crippen LogP contribution in [-0.4, -0.2) is 30.7 Å². The Hall–Kier alpha value is -2.89. The Morgan fingerprint density at radius 2 is 2.10 bits per heavy atom. The van der Waals surface area contributed by atoms with Crippen molar-refractivity contribution in [1.29, 1.82) is 5.41 Å². The lowest BCUT2D eigenvalue weighted by Crippen LogP contribution is -2.33. The highest BCUT2D eigenvalue weighted by Crippen LogP contribution is 2.39. The zero-order chi connectivity index (χ0) is 21.3. The minimum atomic E-state index is -0.652. The second-order valence-electron chi connectivity index (χ2n) is 8.47. The number of hydrogen-bond acceptors (Lipinski definition) is 4. The zero-order valence-corrected chi connectivity index (χ0v) is 17.6. The minimum Gasteiger partial charge on any atom is -0.489 e. The summed E-state index contributed by atoms with van der Waals surface area (Å²) < 4.78 is 5.89. The number of amides is 2. The first-order valence-electron chi connectivity index (χ1n) is 10.8. The van der Waals surface area contributed by atoms with E-state index in [1.54, 1.807) is 0 Å². The average molecular weight is 408 g/mol. The molecule has 2 aliphatic heterocycles. The van der Waals surface area contributed by atoms with E-state index in [1.807, 2.05) is 30.4 Å². The van der Waals surface area contributed by atoms with Crippen LogP contribution in [0.4, 0.5) is 0 Å². The van der Waals surface area contributed by atoms with Gasteiger partial charge in [0.2, 0.25) is 11.8 Å². The molecule has 1 aromatic rings. The first-order valence-corrected chi connectivity index (χ1v) is 10.8. The third kappa shape index (κ3) is 3.78. The summed E-state index contributed by atoms with van der Waals surface area (Å²) in [5, 5.41) is 14.8. The molecular weight excluding hydrogens is 378 g/mol. The second-order valence-corrected chi connectivity index (χ2v) is 8.47. The molecule has 3 N–H and O–H groups in total. The number of carbonyl (C=O) groups is 2. The van der Waals surface area contributed by atoms with Crippen molar-refractivity contribution in [3.63, 3.8) is 0 Å². The van der Waals surface area contributed by atoms with Crippen LogP contribution in [0.3, 0.4) is 0 Å². The summed E-state index contributed by atoms with van der Waals surface area (Å²) in [5.74, 6) is 0.808. The van der Waals surface area contributed by atoms with E-state index < -0.39 is 6.04 Å². The number of nitrogens with one attached hydrogen (secondary N) is 3. The highest BCUT2D eigenvalue weighted by molar-refractivity contribution is 6.12. The molecule has 3 aliphatic rings. The predicted octanol–water partition coefficient (Wildman–Crippen LogP) is 3.54. The molecule has 1 saturated carbocycles. The third-order valence-corrected chi connectivity index (χ3v) is 6.45. The predicted molar refractivity (Wildman–Crippen MR) is 116 cm³/mol. The van der Waals surface area contributed by atoms with E-state index in [-0.39, 0.29) is 17.7 Å². The normalized spacial score (nSPS) is 24.0. The summed E-state index contributed by atoms with van der Waals surface area (Å²) in [4.78, 5) is 25.1. The first kappa shape index (κ1) is 20.4. The van der Waals surface area contributed by atoms with Crippen molar-refractivity contribution in [2.75, 3.05) is 13.2 Å². The Kier molecular flexibility index (Phi) is 5.75. The Labute approximate surface area is 177 Å². The maximum Gasteiger partial charge on any atom is 0.250 e. The summed E-state index contributed by atoms with van der Waals surface area (Å²) in [7, 11) is 0. The molecule has 1 aromatic carbocycles. The third-order valence-electron chi connectivity index (χ3n) is 6.45. The van der Waals surface area contributed by atoms with Gasteiger partial charge in [-0.05, 0) is 18.4 Å². The molecule has 1 fully saturated rings. The van der Waals surface area contributed by atoms with Crippen molar-refractivity contribution < 1.29 is 14.3 Å². The van der Waals surface area contributed by atoms with Crippen LogP contribution in [0.5, 0.6) is 5.75 Å². The summed E-state index contributed by atoms with van der Waals surface area (Å²) >= 11 is 0. The van der Waals surface area contributed by atoms with Crippen LogP contribution in [0.25, 0.3) is 6.08 Å². The molecule has 2 heterocycles. The number of carbonyl (C=O) groups excluding carboxylic acids is 2. The van der Waals surface area contributed by atoms with Crippen molar-refractivity contribution in [2.45, 2.75) is 45.6 Å². The maximum absolute atomic E-state index is 12.9. The molecule has 6 heteroatoms. The Morgan fingerprint density at radius 1 is 1.30 bits per heavy atom. The van der Waals surface area contributed by atoms with Gasteiger partial charge in [0.25, 0.3) is 0 Å². The zero-order valence-electron chi connectivity index (χ0n) is 17.6. The van der Waals surface area contributed by atoms with E-state index in [0.717, 1.165) is 36.0 Å². The number of ether oxygens (including phenoxy) is 1. The van der Waals surface area contributed by atoms with E-state index in [4.69, 9.17) is 10.1 Å². The largest absolute Gasteiger partial charge is 0.489 e. The van der Waals surface area contributed by atoms with E-state index in [1.165, 1.54) is 13.3 Å².